The number of aryl methyl sites for hydroxylation is 1. The van der Waals surface area contributed by atoms with E-state index in [4.69, 9.17) is 9.52 Å². The van der Waals surface area contributed by atoms with Crippen LogP contribution in [-0.4, -0.2) is 11.1 Å². The van der Waals surface area contributed by atoms with Gasteiger partial charge in [0, 0.05) is 12.8 Å². The van der Waals surface area contributed by atoms with E-state index in [1.165, 1.54) is 12.8 Å². The number of carbonyl (C=O) groups is 1. The first-order valence-electron chi connectivity index (χ1n) is 6.03. The van der Waals surface area contributed by atoms with Crippen LogP contribution in [0.5, 0.6) is 0 Å². The second-order valence-electron chi connectivity index (χ2n) is 4.09. The lowest BCUT2D eigenvalue weighted by Gasteiger charge is -1.99. The molecule has 0 radical (unpaired) electrons. The van der Waals surface area contributed by atoms with E-state index in [0.29, 0.717) is 6.42 Å². The van der Waals surface area contributed by atoms with Crippen molar-refractivity contribution in [1.82, 2.24) is 0 Å². The summed E-state index contributed by atoms with van der Waals surface area (Å²) in [4.78, 5) is 10.3. The first-order chi connectivity index (χ1) is 7.79. The van der Waals surface area contributed by atoms with Crippen molar-refractivity contribution in [2.45, 2.75) is 51.4 Å². The highest BCUT2D eigenvalue weighted by Gasteiger charge is 1.98. The Kier molecular flexibility index (Phi) is 6.38. The first-order valence-corrected chi connectivity index (χ1v) is 6.03. The zero-order valence-corrected chi connectivity index (χ0v) is 9.65. The maximum absolute atomic E-state index is 10.3. The van der Waals surface area contributed by atoms with Gasteiger partial charge in [-0.15, -0.1) is 0 Å². The van der Waals surface area contributed by atoms with Gasteiger partial charge >= 0.3 is 5.97 Å². The SMILES string of the molecule is O=C(O)CCCCCCCCc1ccco1. The van der Waals surface area contributed by atoms with Gasteiger partial charge in [-0.1, -0.05) is 25.7 Å². The van der Waals surface area contributed by atoms with Crippen LogP contribution in [0.2, 0.25) is 0 Å². The highest BCUT2D eigenvalue weighted by atomic mass is 16.4. The third-order valence-electron chi connectivity index (χ3n) is 2.64. The largest absolute Gasteiger partial charge is 0.481 e. The predicted molar refractivity (Wildman–Crippen MR) is 62.4 cm³/mol. The summed E-state index contributed by atoms with van der Waals surface area (Å²) in [6.07, 6.45) is 9.59. The Morgan fingerprint density at radius 3 is 2.44 bits per heavy atom. The Morgan fingerprint density at radius 1 is 1.12 bits per heavy atom. The lowest BCUT2D eigenvalue weighted by Crippen LogP contribution is -1.93. The van der Waals surface area contributed by atoms with Gasteiger partial charge in [0.1, 0.15) is 5.76 Å². The summed E-state index contributed by atoms with van der Waals surface area (Å²) in [6.45, 7) is 0. The fourth-order valence-electron chi connectivity index (χ4n) is 1.74. The maximum Gasteiger partial charge on any atom is 0.303 e. The number of aliphatic carboxylic acids is 1. The summed E-state index contributed by atoms with van der Waals surface area (Å²) in [6, 6.07) is 3.92. The zero-order chi connectivity index (χ0) is 11.6. The summed E-state index contributed by atoms with van der Waals surface area (Å²) >= 11 is 0. The Labute approximate surface area is 96.5 Å². The van der Waals surface area contributed by atoms with E-state index in [0.717, 1.165) is 37.9 Å². The fraction of sp³-hybridized carbons (Fsp3) is 0.615. The van der Waals surface area contributed by atoms with Gasteiger partial charge in [-0.2, -0.15) is 0 Å². The highest BCUT2D eigenvalue weighted by Crippen LogP contribution is 2.10. The molecule has 0 unspecified atom stereocenters. The Hall–Kier alpha value is -1.25. The highest BCUT2D eigenvalue weighted by molar-refractivity contribution is 5.66. The number of hydrogen-bond acceptors (Lipinski definition) is 2. The second kappa shape index (κ2) is 7.97. The molecule has 0 aliphatic carbocycles. The van der Waals surface area contributed by atoms with Gasteiger partial charge in [-0.25, -0.2) is 0 Å². The van der Waals surface area contributed by atoms with Gasteiger partial charge in [-0.3, -0.25) is 4.79 Å². The van der Waals surface area contributed by atoms with Crippen LogP contribution in [0.15, 0.2) is 22.8 Å². The minimum atomic E-state index is -0.683. The Balaban J connectivity index is 1.83. The topological polar surface area (TPSA) is 50.4 Å². The molecule has 0 aromatic carbocycles. The van der Waals surface area contributed by atoms with Crippen LogP contribution >= 0.6 is 0 Å². The van der Waals surface area contributed by atoms with E-state index in [-0.39, 0.29) is 0 Å². The molecule has 0 bridgehead atoms. The molecule has 1 rings (SSSR count). The molecule has 16 heavy (non-hydrogen) atoms. The molecule has 1 N–H and O–H groups in total. The van der Waals surface area contributed by atoms with E-state index in [9.17, 15) is 4.79 Å². The molecule has 0 aliphatic rings. The minimum Gasteiger partial charge on any atom is -0.481 e. The second-order valence-corrected chi connectivity index (χ2v) is 4.09. The summed E-state index contributed by atoms with van der Waals surface area (Å²) in [7, 11) is 0. The quantitative estimate of drug-likeness (QED) is 0.651. The molecule has 0 spiro atoms. The average molecular weight is 224 g/mol. The van der Waals surface area contributed by atoms with E-state index in [1.54, 1.807) is 6.26 Å². The third kappa shape index (κ3) is 6.27. The van der Waals surface area contributed by atoms with Crippen molar-refractivity contribution in [2.24, 2.45) is 0 Å². The van der Waals surface area contributed by atoms with Gasteiger partial charge in [-0.05, 0) is 25.0 Å². The lowest BCUT2D eigenvalue weighted by molar-refractivity contribution is -0.137. The van der Waals surface area contributed by atoms with Crippen molar-refractivity contribution in [2.75, 3.05) is 0 Å². The van der Waals surface area contributed by atoms with Gasteiger partial charge in [0.15, 0.2) is 0 Å². The molecular formula is C13H20O3. The number of hydrogen-bond donors (Lipinski definition) is 1. The molecule has 3 nitrogen and oxygen atoms in total. The molecule has 0 aliphatic heterocycles. The summed E-state index contributed by atoms with van der Waals surface area (Å²) < 4.78 is 5.24. The first kappa shape index (κ1) is 12.8. The maximum atomic E-state index is 10.3. The molecule has 0 amide bonds. The lowest BCUT2D eigenvalue weighted by atomic mass is 10.1. The molecule has 1 aromatic heterocycles. The summed E-state index contributed by atoms with van der Waals surface area (Å²) in [5.74, 6) is 0.378. The van der Waals surface area contributed by atoms with Gasteiger partial charge < -0.3 is 9.52 Å². The van der Waals surface area contributed by atoms with Crippen LogP contribution in [0.25, 0.3) is 0 Å². The number of rotatable bonds is 9. The molecule has 0 saturated heterocycles. The van der Waals surface area contributed by atoms with E-state index in [1.807, 2.05) is 12.1 Å². The van der Waals surface area contributed by atoms with Crippen molar-refractivity contribution in [3.63, 3.8) is 0 Å². The fourth-order valence-corrected chi connectivity index (χ4v) is 1.74. The van der Waals surface area contributed by atoms with E-state index >= 15 is 0 Å². The standard InChI is InChI=1S/C13H20O3/c14-13(15)10-6-4-2-1-3-5-8-12-9-7-11-16-12/h7,9,11H,1-6,8,10H2,(H,14,15). The van der Waals surface area contributed by atoms with E-state index in [2.05, 4.69) is 0 Å². The number of unbranched alkanes of at least 4 members (excludes halogenated alkanes) is 5. The Morgan fingerprint density at radius 2 is 1.81 bits per heavy atom. The van der Waals surface area contributed by atoms with Crippen molar-refractivity contribution < 1.29 is 14.3 Å². The zero-order valence-electron chi connectivity index (χ0n) is 9.65. The predicted octanol–water partition coefficient (Wildman–Crippen LogP) is 3.64. The average Bonchev–Trinajstić information content (AvgIpc) is 2.74. The van der Waals surface area contributed by atoms with Crippen molar-refractivity contribution >= 4 is 5.97 Å². The van der Waals surface area contributed by atoms with Crippen LogP contribution in [-0.2, 0) is 11.2 Å². The van der Waals surface area contributed by atoms with Crippen LogP contribution in [0.1, 0.15) is 50.7 Å². The number of furan rings is 1. The van der Waals surface area contributed by atoms with E-state index < -0.39 is 5.97 Å². The van der Waals surface area contributed by atoms with Crippen molar-refractivity contribution in [3.05, 3.63) is 24.2 Å². The van der Waals surface area contributed by atoms with Gasteiger partial charge in [0.05, 0.1) is 6.26 Å². The molecule has 90 valence electrons. The van der Waals surface area contributed by atoms with Crippen LogP contribution in [0, 0.1) is 0 Å². The third-order valence-corrected chi connectivity index (χ3v) is 2.64. The molecule has 0 atom stereocenters. The van der Waals surface area contributed by atoms with Gasteiger partial charge in [0.2, 0.25) is 0 Å². The summed E-state index contributed by atoms with van der Waals surface area (Å²) in [5.41, 5.74) is 0. The van der Waals surface area contributed by atoms with Crippen LogP contribution < -0.4 is 0 Å². The van der Waals surface area contributed by atoms with Crippen LogP contribution in [0.4, 0.5) is 0 Å². The summed E-state index contributed by atoms with van der Waals surface area (Å²) in [5, 5.41) is 8.45. The molecule has 1 heterocycles. The Bertz CT molecular complexity index is 277. The number of carboxylic acid groups (broad SMARTS) is 1. The normalized spacial score (nSPS) is 10.5. The van der Waals surface area contributed by atoms with Crippen molar-refractivity contribution in [3.8, 4) is 0 Å². The molecular weight excluding hydrogens is 204 g/mol. The molecule has 0 saturated carbocycles. The van der Waals surface area contributed by atoms with Crippen molar-refractivity contribution in [1.29, 1.82) is 0 Å². The molecule has 1 aromatic rings. The molecule has 0 fully saturated rings. The molecule has 3 heteroatoms. The number of carboxylic acids is 1. The monoisotopic (exact) mass is 224 g/mol. The van der Waals surface area contributed by atoms with Crippen LogP contribution in [0.3, 0.4) is 0 Å². The van der Waals surface area contributed by atoms with Gasteiger partial charge in [0.25, 0.3) is 0 Å². The minimum absolute atomic E-state index is 0.312. The smallest absolute Gasteiger partial charge is 0.303 e.